The van der Waals surface area contributed by atoms with Crippen LogP contribution in [0.15, 0.2) is 18.2 Å². The zero-order chi connectivity index (χ0) is 16.5. The van der Waals surface area contributed by atoms with Crippen LogP contribution in [-0.2, 0) is 4.74 Å². The number of nitrogens with zero attached hydrogens (tertiary/aromatic N) is 1. The van der Waals surface area contributed by atoms with E-state index >= 15 is 0 Å². The topological polar surface area (TPSA) is 85.0 Å². The highest BCUT2D eigenvalue weighted by molar-refractivity contribution is 5.69. The van der Waals surface area contributed by atoms with Gasteiger partial charge in [-0.1, -0.05) is 6.07 Å². The van der Waals surface area contributed by atoms with Gasteiger partial charge in [0.2, 0.25) is 0 Å². The summed E-state index contributed by atoms with van der Waals surface area (Å²) < 4.78 is 10.6. The van der Waals surface area contributed by atoms with Gasteiger partial charge in [0.1, 0.15) is 5.60 Å². The lowest BCUT2D eigenvalue weighted by molar-refractivity contribution is 0.0218. The molecule has 0 unspecified atom stereocenters. The Morgan fingerprint density at radius 1 is 1.41 bits per heavy atom. The molecule has 0 aromatic heterocycles. The fourth-order valence-corrected chi connectivity index (χ4v) is 2.65. The van der Waals surface area contributed by atoms with Gasteiger partial charge in [-0.25, -0.2) is 4.79 Å². The van der Waals surface area contributed by atoms with Crippen molar-refractivity contribution in [2.24, 2.45) is 5.73 Å². The lowest BCUT2D eigenvalue weighted by Crippen LogP contribution is -2.39. The third-order valence-electron chi connectivity index (χ3n) is 3.62. The van der Waals surface area contributed by atoms with Crippen LogP contribution in [0.3, 0.4) is 0 Å². The predicted octanol–water partition coefficient (Wildman–Crippen LogP) is 2.41. The number of ether oxygens (including phenoxy) is 2. The number of carbonyl (C=O) groups excluding carboxylic acids is 1. The van der Waals surface area contributed by atoms with Gasteiger partial charge < -0.3 is 20.3 Å². The molecule has 1 aliphatic heterocycles. The second kappa shape index (κ2) is 6.04. The average Bonchev–Trinajstić information content (AvgIpc) is 2.79. The molecule has 0 radical (unpaired) electrons. The summed E-state index contributed by atoms with van der Waals surface area (Å²) in [6, 6.07) is 4.55. The van der Waals surface area contributed by atoms with E-state index in [0.717, 1.165) is 5.56 Å². The van der Waals surface area contributed by atoms with E-state index in [4.69, 9.17) is 15.2 Å². The minimum absolute atomic E-state index is 0.0571. The molecule has 1 saturated heterocycles. The number of nitrogens with two attached hydrogens (primary N) is 1. The molecular weight excluding hydrogens is 284 g/mol. The highest BCUT2D eigenvalue weighted by atomic mass is 16.6. The molecule has 6 nitrogen and oxygen atoms in total. The lowest BCUT2D eigenvalue weighted by atomic mass is 10.0. The van der Waals surface area contributed by atoms with Crippen molar-refractivity contribution < 1.29 is 19.4 Å². The second-order valence-electron chi connectivity index (χ2n) is 6.50. The molecule has 2 rings (SSSR count). The van der Waals surface area contributed by atoms with Crippen molar-refractivity contribution in [1.82, 2.24) is 4.90 Å². The number of rotatable bonds is 2. The molecule has 6 heteroatoms. The number of phenolic OH excluding ortho intramolecular Hbond substituents is 1. The smallest absolute Gasteiger partial charge is 0.410 e. The summed E-state index contributed by atoms with van der Waals surface area (Å²) in [5.41, 5.74) is 6.45. The van der Waals surface area contributed by atoms with Crippen LogP contribution in [0.2, 0.25) is 0 Å². The first-order chi connectivity index (χ1) is 10.2. The molecule has 1 aromatic carbocycles. The van der Waals surface area contributed by atoms with Crippen LogP contribution in [-0.4, -0.2) is 41.4 Å². The van der Waals surface area contributed by atoms with Gasteiger partial charge in [0.05, 0.1) is 13.2 Å². The summed E-state index contributed by atoms with van der Waals surface area (Å²) in [5, 5.41) is 9.71. The number of likely N-dealkylation sites (tertiary alicyclic amines) is 1. The number of hydrogen-bond acceptors (Lipinski definition) is 5. The van der Waals surface area contributed by atoms with Gasteiger partial charge in [-0.2, -0.15) is 0 Å². The summed E-state index contributed by atoms with van der Waals surface area (Å²) in [6.07, 6.45) is 0.324. The van der Waals surface area contributed by atoms with Crippen molar-refractivity contribution in [3.63, 3.8) is 0 Å². The van der Waals surface area contributed by atoms with Gasteiger partial charge in [0, 0.05) is 12.6 Å². The molecule has 1 fully saturated rings. The lowest BCUT2D eigenvalue weighted by Gasteiger charge is -2.30. The van der Waals surface area contributed by atoms with Crippen LogP contribution < -0.4 is 10.5 Å². The molecule has 122 valence electrons. The van der Waals surface area contributed by atoms with E-state index in [1.165, 1.54) is 7.11 Å². The Kier molecular flexibility index (Phi) is 4.51. The molecule has 0 spiro atoms. The number of aromatic hydroxyl groups is 1. The molecule has 2 atom stereocenters. The summed E-state index contributed by atoms with van der Waals surface area (Å²) in [6.45, 7) is 6.04. The maximum Gasteiger partial charge on any atom is 0.410 e. The number of methoxy groups -OCH3 is 1. The van der Waals surface area contributed by atoms with Crippen molar-refractivity contribution in [1.29, 1.82) is 0 Å². The van der Waals surface area contributed by atoms with E-state index in [-0.39, 0.29) is 23.9 Å². The first-order valence-corrected chi connectivity index (χ1v) is 7.35. The monoisotopic (exact) mass is 308 g/mol. The Morgan fingerprint density at radius 3 is 2.68 bits per heavy atom. The molecule has 1 heterocycles. The largest absolute Gasteiger partial charge is 0.504 e. The minimum Gasteiger partial charge on any atom is -0.504 e. The summed E-state index contributed by atoms with van der Waals surface area (Å²) in [4.78, 5) is 14.0. The Labute approximate surface area is 130 Å². The SMILES string of the molecule is COc1cc([C@@H]2[C@@H](N)CCN2C(=O)OC(C)(C)C)ccc1O. The fourth-order valence-electron chi connectivity index (χ4n) is 2.65. The third-order valence-corrected chi connectivity index (χ3v) is 3.62. The molecule has 0 aliphatic carbocycles. The quantitative estimate of drug-likeness (QED) is 0.876. The second-order valence-corrected chi connectivity index (χ2v) is 6.50. The third kappa shape index (κ3) is 3.44. The number of amides is 1. The first-order valence-electron chi connectivity index (χ1n) is 7.35. The summed E-state index contributed by atoms with van der Waals surface area (Å²) in [5.74, 6) is 0.419. The van der Waals surface area contributed by atoms with Crippen molar-refractivity contribution in [3.05, 3.63) is 23.8 Å². The van der Waals surface area contributed by atoms with Crippen molar-refractivity contribution in [2.45, 2.75) is 44.9 Å². The highest BCUT2D eigenvalue weighted by Crippen LogP contribution is 2.36. The van der Waals surface area contributed by atoms with Crippen molar-refractivity contribution in [3.8, 4) is 11.5 Å². The Hall–Kier alpha value is -1.95. The molecular formula is C16H24N2O4. The van der Waals surface area contributed by atoms with Crippen LogP contribution in [0.4, 0.5) is 4.79 Å². The Balaban J connectivity index is 2.28. The number of hydrogen-bond donors (Lipinski definition) is 2. The van der Waals surface area contributed by atoms with E-state index < -0.39 is 5.60 Å². The van der Waals surface area contributed by atoms with Crippen molar-refractivity contribution in [2.75, 3.05) is 13.7 Å². The number of carbonyl (C=O) groups is 1. The van der Waals surface area contributed by atoms with E-state index in [1.807, 2.05) is 20.8 Å². The molecule has 1 aromatic rings. The molecule has 22 heavy (non-hydrogen) atoms. The van der Waals surface area contributed by atoms with Crippen LogP contribution in [0.1, 0.15) is 38.8 Å². The van der Waals surface area contributed by atoms with E-state index in [9.17, 15) is 9.90 Å². The molecule has 0 bridgehead atoms. The van der Waals surface area contributed by atoms with Gasteiger partial charge in [0.15, 0.2) is 11.5 Å². The van der Waals surface area contributed by atoms with Crippen LogP contribution >= 0.6 is 0 Å². The maximum absolute atomic E-state index is 12.4. The van der Waals surface area contributed by atoms with Gasteiger partial charge >= 0.3 is 6.09 Å². The highest BCUT2D eigenvalue weighted by Gasteiger charge is 2.38. The standard InChI is InChI=1S/C16H24N2O4/c1-16(2,3)22-15(20)18-8-7-11(17)14(18)10-5-6-12(19)13(9-10)21-4/h5-6,9,11,14,19H,7-8,17H2,1-4H3/t11-,14+/m0/s1. The zero-order valence-electron chi connectivity index (χ0n) is 13.5. The first kappa shape index (κ1) is 16.4. The van der Waals surface area contributed by atoms with E-state index in [1.54, 1.807) is 23.1 Å². The number of benzene rings is 1. The molecule has 1 aliphatic rings. The summed E-state index contributed by atoms with van der Waals surface area (Å²) >= 11 is 0. The van der Waals surface area contributed by atoms with E-state index in [2.05, 4.69) is 0 Å². The fraction of sp³-hybridized carbons (Fsp3) is 0.562. The maximum atomic E-state index is 12.4. The van der Waals surface area contributed by atoms with Crippen LogP contribution in [0, 0.1) is 0 Å². The molecule has 1 amide bonds. The normalized spacial score (nSPS) is 21.8. The molecule has 0 saturated carbocycles. The predicted molar refractivity (Wildman–Crippen MR) is 82.9 cm³/mol. The Bertz CT molecular complexity index is 554. The Morgan fingerprint density at radius 2 is 2.09 bits per heavy atom. The molecule has 3 N–H and O–H groups in total. The summed E-state index contributed by atoms with van der Waals surface area (Å²) in [7, 11) is 1.49. The van der Waals surface area contributed by atoms with Gasteiger partial charge in [-0.05, 0) is 44.9 Å². The zero-order valence-corrected chi connectivity index (χ0v) is 13.5. The minimum atomic E-state index is -0.555. The average molecular weight is 308 g/mol. The van der Waals surface area contributed by atoms with Crippen LogP contribution in [0.25, 0.3) is 0 Å². The van der Waals surface area contributed by atoms with Gasteiger partial charge in [0.25, 0.3) is 0 Å². The number of phenols is 1. The van der Waals surface area contributed by atoms with Gasteiger partial charge in [-0.3, -0.25) is 4.90 Å². The van der Waals surface area contributed by atoms with E-state index in [0.29, 0.717) is 18.7 Å². The van der Waals surface area contributed by atoms with Crippen LogP contribution in [0.5, 0.6) is 11.5 Å². The van der Waals surface area contributed by atoms with Crippen molar-refractivity contribution >= 4 is 6.09 Å². The van der Waals surface area contributed by atoms with Gasteiger partial charge in [-0.15, -0.1) is 0 Å².